The van der Waals surface area contributed by atoms with Gasteiger partial charge in [-0.1, -0.05) is 43.3 Å². The third-order valence-corrected chi connectivity index (χ3v) is 7.24. The molecule has 0 bridgehead atoms. The van der Waals surface area contributed by atoms with Crippen molar-refractivity contribution in [1.29, 1.82) is 0 Å². The average Bonchev–Trinajstić information content (AvgIpc) is 2.92. The van der Waals surface area contributed by atoms with E-state index in [0.29, 0.717) is 35.9 Å². The molecule has 1 aliphatic rings. The molecular weight excluding hydrogens is 481 g/mol. The second kappa shape index (κ2) is 11.1. The van der Waals surface area contributed by atoms with Gasteiger partial charge in [0, 0.05) is 11.1 Å². The first-order chi connectivity index (χ1) is 18.4. The fraction of sp³-hybridized carbons (Fsp3) is 0.290. The normalized spacial score (nSPS) is 15.6. The molecular formula is C31H30FN3O3. The molecule has 1 amide bonds. The van der Waals surface area contributed by atoms with Gasteiger partial charge in [-0.3, -0.25) is 9.59 Å². The predicted molar refractivity (Wildman–Crippen MR) is 144 cm³/mol. The summed E-state index contributed by atoms with van der Waals surface area (Å²) in [6, 6.07) is 19.7. The van der Waals surface area contributed by atoms with E-state index in [1.165, 1.54) is 6.07 Å². The Bertz CT molecular complexity index is 1490. The number of aryl methyl sites for hydroxylation is 2. The summed E-state index contributed by atoms with van der Waals surface area (Å²) >= 11 is 0. The number of nitrogens with zero attached hydrogens (tertiary/aromatic N) is 2. The first-order valence-electron chi connectivity index (χ1n) is 13.1. The lowest BCUT2D eigenvalue weighted by molar-refractivity contribution is -0.141. The number of amides is 1. The number of carboxylic acid groups (broad SMARTS) is 1. The number of rotatable bonds is 8. The van der Waals surface area contributed by atoms with Gasteiger partial charge in [0.05, 0.1) is 34.4 Å². The zero-order valence-corrected chi connectivity index (χ0v) is 21.3. The van der Waals surface area contributed by atoms with E-state index in [0.717, 1.165) is 47.3 Å². The number of fused-ring (bicyclic) bond motifs is 2. The molecule has 6 nitrogen and oxygen atoms in total. The molecule has 1 aliphatic carbocycles. The van der Waals surface area contributed by atoms with Crippen LogP contribution in [0.25, 0.3) is 22.3 Å². The molecule has 0 spiro atoms. The number of aliphatic carboxylic acids is 1. The Balaban J connectivity index is 1.42. The number of nitrogens with one attached hydrogen (secondary N) is 1. The van der Waals surface area contributed by atoms with Crippen LogP contribution in [0.2, 0.25) is 0 Å². The second-order valence-electron chi connectivity index (χ2n) is 9.98. The number of halogens is 1. The Kier molecular flexibility index (Phi) is 7.45. The molecule has 2 N–H and O–H groups in total. The highest BCUT2D eigenvalue weighted by Gasteiger charge is 2.23. The summed E-state index contributed by atoms with van der Waals surface area (Å²) in [5.74, 6) is -1.70. The van der Waals surface area contributed by atoms with Crippen LogP contribution in [0.1, 0.15) is 65.8 Å². The summed E-state index contributed by atoms with van der Waals surface area (Å²) in [7, 11) is 0. The van der Waals surface area contributed by atoms with Crippen molar-refractivity contribution in [1.82, 2.24) is 15.3 Å². The number of hydrogen-bond acceptors (Lipinski definition) is 4. The number of aromatic nitrogens is 2. The van der Waals surface area contributed by atoms with Gasteiger partial charge >= 0.3 is 5.97 Å². The smallest absolute Gasteiger partial charge is 0.306 e. The first-order valence-corrected chi connectivity index (χ1v) is 13.1. The van der Waals surface area contributed by atoms with Gasteiger partial charge in [-0.25, -0.2) is 14.4 Å². The summed E-state index contributed by atoms with van der Waals surface area (Å²) in [6.07, 6.45) is 4.28. The maximum absolute atomic E-state index is 13.7. The van der Waals surface area contributed by atoms with Crippen molar-refractivity contribution in [3.8, 4) is 11.3 Å². The zero-order valence-electron chi connectivity index (χ0n) is 21.3. The van der Waals surface area contributed by atoms with Crippen LogP contribution < -0.4 is 5.32 Å². The van der Waals surface area contributed by atoms with Gasteiger partial charge in [0.15, 0.2) is 0 Å². The Morgan fingerprint density at radius 1 is 1.05 bits per heavy atom. The van der Waals surface area contributed by atoms with Crippen LogP contribution in [0, 0.1) is 11.7 Å². The maximum Gasteiger partial charge on any atom is 0.306 e. The van der Waals surface area contributed by atoms with E-state index in [9.17, 15) is 19.1 Å². The van der Waals surface area contributed by atoms with Crippen molar-refractivity contribution in [3.05, 3.63) is 94.9 Å². The van der Waals surface area contributed by atoms with Crippen LogP contribution in [0.4, 0.5) is 4.39 Å². The van der Waals surface area contributed by atoms with Crippen molar-refractivity contribution in [2.45, 2.75) is 51.5 Å². The molecule has 0 fully saturated rings. The molecule has 38 heavy (non-hydrogen) atoms. The molecule has 3 aromatic carbocycles. The van der Waals surface area contributed by atoms with Gasteiger partial charge in [-0.15, -0.1) is 0 Å². The van der Waals surface area contributed by atoms with Crippen LogP contribution in [-0.4, -0.2) is 27.0 Å². The van der Waals surface area contributed by atoms with E-state index in [1.807, 2.05) is 36.4 Å². The largest absolute Gasteiger partial charge is 0.481 e. The minimum Gasteiger partial charge on any atom is -0.481 e. The van der Waals surface area contributed by atoms with E-state index < -0.39 is 11.9 Å². The highest BCUT2D eigenvalue weighted by atomic mass is 19.1. The molecule has 5 rings (SSSR count). The molecule has 1 aromatic heterocycles. The van der Waals surface area contributed by atoms with E-state index in [4.69, 9.17) is 9.97 Å². The molecule has 0 saturated carbocycles. The molecule has 194 valence electrons. The van der Waals surface area contributed by atoms with Crippen LogP contribution in [0.3, 0.4) is 0 Å². The van der Waals surface area contributed by atoms with Gasteiger partial charge in [0.25, 0.3) is 5.91 Å². The van der Waals surface area contributed by atoms with E-state index in [-0.39, 0.29) is 17.8 Å². The molecule has 7 heteroatoms. The fourth-order valence-electron chi connectivity index (χ4n) is 5.11. The summed E-state index contributed by atoms with van der Waals surface area (Å²) in [5, 5.41) is 12.4. The molecule has 0 radical (unpaired) electrons. The quantitative estimate of drug-likeness (QED) is 0.290. The second-order valence-corrected chi connectivity index (χ2v) is 9.98. The Hall–Kier alpha value is -4.13. The first kappa shape index (κ1) is 25.5. The van der Waals surface area contributed by atoms with Crippen molar-refractivity contribution < 1.29 is 19.1 Å². The van der Waals surface area contributed by atoms with Crippen LogP contribution in [-0.2, 0) is 17.6 Å². The van der Waals surface area contributed by atoms with Gasteiger partial charge in [0.1, 0.15) is 5.82 Å². The summed E-state index contributed by atoms with van der Waals surface area (Å²) in [6.45, 7) is 1.71. The Morgan fingerprint density at radius 2 is 1.87 bits per heavy atom. The highest BCUT2D eigenvalue weighted by Crippen LogP contribution is 2.31. The molecule has 1 unspecified atom stereocenters. The average molecular weight is 512 g/mol. The lowest BCUT2D eigenvalue weighted by atomic mass is 9.87. The van der Waals surface area contributed by atoms with Crippen molar-refractivity contribution >= 4 is 22.9 Å². The van der Waals surface area contributed by atoms with Crippen LogP contribution in [0.15, 0.2) is 66.7 Å². The monoisotopic (exact) mass is 511 g/mol. The fourth-order valence-corrected chi connectivity index (χ4v) is 5.11. The van der Waals surface area contributed by atoms with Crippen molar-refractivity contribution in [3.63, 3.8) is 0 Å². The van der Waals surface area contributed by atoms with Gasteiger partial charge in [-0.2, -0.15) is 0 Å². The number of carboxylic acids is 1. The predicted octanol–water partition coefficient (Wildman–Crippen LogP) is 6.29. The zero-order chi connectivity index (χ0) is 26.6. The maximum atomic E-state index is 13.7. The SMILES string of the molecule is CC(CCCc1nc2cc(C(=O)N[C@@H]3CCCc4cc(F)ccc43)ccc2nc1-c1ccccc1)C(=O)O. The minimum absolute atomic E-state index is 0.166. The molecule has 2 atom stereocenters. The van der Waals surface area contributed by atoms with Gasteiger partial charge < -0.3 is 10.4 Å². The molecule has 0 aliphatic heterocycles. The number of hydrogen-bond donors (Lipinski definition) is 2. The Morgan fingerprint density at radius 3 is 2.66 bits per heavy atom. The topological polar surface area (TPSA) is 92.2 Å². The molecule has 4 aromatic rings. The lowest BCUT2D eigenvalue weighted by Crippen LogP contribution is -2.31. The summed E-state index contributed by atoms with van der Waals surface area (Å²) in [4.78, 5) is 34.3. The lowest BCUT2D eigenvalue weighted by Gasteiger charge is -2.26. The van der Waals surface area contributed by atoms with Crippen molar-refractivity contribution in [2.75, 3.05) is 0 Å². The summed E-state index contributed by atoms with van der Waals surface area (Å²) < 4.78 is 13.7. The van der Waals surface area contributed by atoms with Crippen molar-refractivity contribution in [2.24, 2.45) is 5.92 Å². The highest BCUT2D eigenvalue weighted by molar-refractivity contribution is 5.97. The molecule has 0 saturated heterocycles. The van der Waals surface area contributed by atoms with E-state index in [2.05, 4.69) is 5.32 Å². The molecule has 1 heterocycles. The summed E-state index contributed by atoms with van der Waals surface area (Å²) in [5.41, 5.74) is 6.19. The minimum atomic E-state index is -0.806. The third kappa shape index (κ3) is 5.57. The third-order valence-electron chi connectivity index (χ3n) is 7.24. The number of carbonyl (C=O) groups is 2. The van der Waals surface area contributed by atoms with Crippen LogP contribution in [0.5, 0.6) is 0 Å². The standard InChI is InChI=1S/C31H30FN3O3/c1-19(31(37)38)7-5-12-27-29(20-8-3-2-4-9-20)34-26-16-13-22(18-28(26)33-27)30(36)35-25-11-6-10-21-17-23(32)14-15-24(21)25/h2-4,8-9,13-19,25H,5-7,10-12H2,1H3,(H,35,36)(H,37,38)/t19?,25-/m1/s1. The van der Waals surface area contributed by atoms with E-state index >= 15 is 0 Å². The van der Waals surface area contributed by atoms with E-state index in [1.54, 1.807) is 31.2 Å². The number of benzene rings is 3. The van der Waals surface area contributed by atoms with Gasteiger partial charge in [0.2, 0.25) is 0 Å². The van der Waals surface area contributed by atoms with Crippen LogP contribution >= 0.6 is 0 Å². The Labute approximate surface area is 221 Å². The number of carbonyl (C=O) groups excluding carboxylic acids is 1. The van der Waals surface area contributed by atoms with Gasteiger partial charge in [-0.05, 0) is 80.0 Å².